The number of carbonyl (C=O) groups excluding carboxylic acids is 1. The van der Waals surface area contributed by atoms with E-state index in [0.29, 0.717) is 11.6 Å². The van der Waals surface area contributed by atoms with E-state index in [2.05, 4.69) is 44.8 Å². The minimum atomic E-state index is -0.371. The number of primary amides is 1. The van der Waals surface area contributed by atoms with Crippen LogP contribution in [-0.4, -0.2) is 55.2 Å². The highest BCUT2D eigenvalue weighted by atomic mass is 16.5. The molecule has 2 aliphatic rings. The highest BCUT2D eigenvalue weighted by Crippen LogP contribution is 2.33. The monoisotopic (exact) mass is 446 g/mol. The van der Waals surface area contributed by atoms with Crippen LogP contribution in [0, 0.1) is 0 Å². The fraction of sp³-hybridized carbons (Fsp3) is 0.444. The number of ether oxygens (including phenoxy) is 1. The standard InChI is InChI=1S/C27H34N4O2/c1-33-26-6-4-5-24(30-13-2-3-14-30)23(26)12-17-29-15-10-22(11-16-29)31-18-9-20-7-8-21(27(28)32)19-25(20)31/h4-9,18-19,22H,2-3,10-17H2,1H3,(H2,28,32). The number of likely N-dealkylation sites (tertiary alicyclic amines) is 1. The number of anilines is 1. The molecule has 2 N–H and O–H groups in total. The number of methoxy groups -OCH3 is 1. The third kappa shape index (κ3) is 4.44. The van der Waals surface area contributed by atoms with E-state index in [1.54, 1.807) is 7.11 Å². The zero-order valence-corrected chi connectivity index (χ0v) is 19.5. The number of hydrogen-bond acceptors (Lipinski definition) is 4. The molecule has 6 heteroatoms. The van der Waals surface area contributed by atoms with Gasteiger partial charge in [0.05, 0.1) is 7.11 Å². The van der Waals surface area contributed by atoms with E-state index in [0.717, 1.165) is 68.6 Å². The van der Waals surface area contributed by atoms with Crippen LogP contribution >= 0.6 is 0 Å². The minimum absolute atomic E-state index is 0.371. The van der Waals surface area contributed by atoms with E-state index < -0.39 is 0 Å². The van der Waals surface area contributed by atoms with Crippen LogP contribution in [0.2, 0.25) is 0 Å². The SMILES string of the molecule is COc1cccc(N2CCCC2)c1CCN1CCC(n2ccc3ccc(C(N)=O)cc32)CC1. The van der Waals surface area contributed by atoms with E-state index in [4.69, 9.17) is 10.5 Å². The molecule has 0 radical (unpaired) electrons. The van der Waals surface area contributed by atoms with Crippen LogP contribution in [0.3, 0.4) is 0 Å². The summed E-state index contributed by atoms with van der Waals surface area (Å²) in [6.07, 6.45) is 7.94. The number of nitrogens with zero attached hydrogens (tertiary/aromatic N) is 3. The normalized spacial score (nSPS) is 17.7. The van der Waals surface area contributed by atoms with Crippen molar-refractivity contribution < 1.29 is 9.53 Å². The maximum Gasteiger partial charge on any atom is 0.248 e. The van der Waals surface area contributed by atoms with Crippen molar-refractivity contribution >= 4 is 22.5 Å². The second-order valence-corrected chi connectivity index (χ2v) is 9.34. The first-order chi connectivity index (χ1) is 16.1. The molecule has 0 bridgehead atoms. The van der Waals surface area contributed by atoms with E-state index in [1.165, 1.54) is 24.1 Å². The average molecular weight is 447 g/mol. The van der Waals surface area contributed by atoms with Crippen LogP contribution in [0.5, 0.6) is 5.75 Å². The predicted molar refractivity (Wildman–Crippen MR) is 133 cm³/mol. The fourth-order valence-electron chi connectivity index (χ4n) is 5.56. The summed E-state index contributed by atoms with van der Waals surface area (Å²) >= 11 is 0. The highest BCUT2D eigenvalue weighted by Gasteiger charge is 2.23. The van der Waals surface area contributed by atoms with Crippen LogP contribution < -0.4 is 15.4 Å². The summed E-state index contributed by atoms with van der Waals surface area (Å²) in [6, 6.07) is 14.8. The Bertz CT molecular complexity index is 1120. The molecule has 3 aromatic rings. The van der Waals surface area contributed by atoms with Crippen molar-refractivity contribution in [2.75, 3.05) is 44.7 Å². The molecular formula is C27H34N4O2. The number of piperidine rings is 1. The Labute approximate surface area is 195 Å². The smallest absolute Gasteiger partial charge is 0.248 e. The number of amides is 1. The van der Waals surface area contributed by atoms with Gasteiger partial charge in [0, 0.05) is 67.3 Å². The lowest BCUT2D eigenvalue weighted by atomic mass is 10.0. The molecule has 1 aromatic heterocycles. The molecule has 0 aliphatic carbocycles. The third-order valence-corrected chi connectivity index (χ3v) is 7.41. The second-order valence-electron chi connectivity index (χ2n) is 9.34. The van der Waals surface area contributed by atoms with Gasteiger partial charge in [0.15, 0.2) is 0 Å². The Morgan fingerprint density at radius 1 is 1.06 bits per heavy atom. The number of benzene rings is 2. The largest absolute Gasteiger partial charge is 0.496 e. The molecule has 33 heavy (non-hydrogen) atoms. The number of hydrogen-bond donors (Lipinski definition) is 1. The maximum absolute atomic E-state index is 11.6. The lowest BCUT2D eigenvalue weighted by Crippen LogP contribution is -2.36. The van der Waals surface area contributed by atoms with Gasteiger partial charge in [0.1, 0.15) is 5.75 Å². The van der Waals surface area contributed by atoms with Crippen LogP contribution in [0.4, 0.5) is 5.69 Å². The zero-order chi connectivity index (χ0) is 22.8. The van der Waals surface area contributed by atoms with Crippen molar-refractivity contribution in [3.8, 4) is 5.75 Å². The van der Waals surface area contributed by atoms with Crippen molar-refractivity contribution in [1.82, 2.24) is 9.47 Å². The van der Waals surface area contributed by atoms with Crippen LogP contribution in [-0.2, 0) is 6.42 Å². The molecular weight excluding hydrogens is 412 g/mol. The van der Waals surface area contributed by atoms with Gasteiger partial charge in [-0.25, -0.2) is 0 Å². The third-order valence-electron chi connectivity index (χ3n) is 7.41. The van der Waals surface area contributed by atoms with Gasteiger partial charge in [-0.3, -0.25) is 4.79 Å². The molecule has 2 aromatic carbocycles. The van der Waals surface area contributed by atoms with Crippen molar-refractivity contribution in [2.24, 2.45) is 5.73 Å². The summed E-state index contributed by atoms with van der Waals surface area (Å²) in [5.41, 5.74) is 9.89. The Morgan fingerprint density at radius 2 is 1.85 bits per heavy atom. The molecule has 0 spiro atoms. The molecule has 2 aliphatic heterocycles. The van der Waals surface area contributed by atoms with Gasteiger partial charge in [0.25, 0.3) is 0 Å². The van der Waals surface area contributed by atoms with Gasteiger partial charge >= 0.3 is 0 Å². The highest BCUT2D eigenvalue weighted by molar-refractivity contribution is 5.97. The van der Waals surface area contributed by atoms with E-state index in [-0.39, 0.29) is 5.91 Å². The van der Waals surface area contributed by atoms with Crippen LogP contribution in [0.15, 0.2) is 48.7 Å². The second kappa shape index (κ2) is 9.48. The fourth-order valence-corrected chi connectivity index (χ4v) is 5.56. The van der Waals surface area contributed by atoms with Crippen molar-refractivity contribution in [3.63, 3.8) is 0 Å². The van der Waals surface area contributed by atoms with E-state index in [9.17, 15) is 4.79 Å². The summed E-state index contributed by atoms with van der Waals surface area (Å²) in [4.78, 5) is 16.7. The van der Waals surface area contributed by atoms with Gasteiger partial charge in [-0.1, -0.05) is 12.1 Å². The number of nitrogens with two attached hydrogens (primary N) is 1. The maximum atomic E-state index is 11.6. The summed E-state index contributed by atoms with van der Waals surface area (Å²) < 4.78 is 8.08. The molecule has 0 unspecified atom stereocenters. The van der Waals surface area contributed by atoms with Gasteiger partial charge in [-0.15, -0.1) is 0 Å². The Hall–Kier alpha value is -2.99. The van der Waals surface area contributed by atoms with Gasteiger partial charge < -0.3 is 24.8 Å². The molecule has 2 fully saturated rings. The zero-order valence-electron chi connectivity index (χ0n) is 19.5. The number of fused-ring (bicyclic) bond motifs is 1. The Balaban J connectivity index is 1.25. The van der Waals surface area contributed by atoms with Crippen molar-refractivity contribution in [2.45, 2.75) is 38.1 Å². The Kier molecular flexibility index (Phi) is 6.27. The van der Waals surface area contributed by atoms with Crippen LogP contribution in [0.1, 0.15) is 47.6 Å². The minimum Gasteiger partial charge on any atom is -0.496 e. The van der Waals surface area contributed by atoms with Crippen LogP contribution in [0.25, 0.3) is 10.9 Å². The topological polar surface area (TPSA) is 63.7 Å². The molecule has 2 saturated heterocycles. The molecule has 3 heterocycles. The first kappa shape index (κ1) is 21.8. The molecule has 174 valence electrons. The lowest BCUT2D eigenvalue weighted by molar-refractivity contribution is 0.100. The summed E-state index contributed by atoms with van der Waals surface area (Å²) in [7, 11) is 1.78. The summed E-state index contributed by atoms with van der Waals surface area (Å²) in [5.74, 6) is 0.641. The predicted octanol–water partition coefficient (Wildman–Crippen LogP) is 4.23. The molecule has 5 rings (SSSR count). The molecule has 1 amide bonds. The van der Waals surface area contributed by atoms with Gasteiger partial charge in [-0.05, 0) is 67.8 Å². The number of rotatable bonds is 7. The molecule has 0 saturated carbocycles. The van der Waals surface area contributed by atoms with Crippen molar-refractivity contribution in [3.05, 3.63) is 59.8 Å². The molecule has 0 atom stereocenters. The van der Waals surface area contributed by atoms with E-state index >= 15 is 0 Å². The number of carbonyl (C=O) groups is 1. The van der Waals surface area contributed by atoms with Gasteiger partial charge in [0.2, 0.25) is 5.91 Å². The van der Waals surface area contributed by atoms with Gasteiger partial charge in [-0.2, -0.15) is 0 Å². The summed E-state index contributed by atoms with van der Waals surface area (Å²) in [5, 5.41) is 1.16. The summed E-state index contributed by atoms with van der Waals surface area (Å²) in [6.45, 7) is 5.50. The average Bonchev–Trinajstić information content (AvgIpc) is 3.53. The first-order valence-electron chi connectivity index (χ1n) is 12.2. The quantitative estimate of drug-likeness (QED) is 0.590. The van der Waals surface area contributed by atoms with E-state index in [1.807, 2.05) is 18.2 Å². The Morgan fingerprint density at radius 3 is 2.58 bits per heavy atom. The first-order valence-corrected chi connectivity index (χ1v) is 12.2. The molecule has 6 nitrogen and oxygen atoms in total. The number of aromatic nitrogens is 1. The lowest BCUT2D eigenvalue weighted by Gasteiger charge is -2.33. The van der Waals surface area contributed by atoms with Crippen molar-refractivity contribution in [1.29, 1.82) is 0 Å².